The third-order valence-electron chi connectivity index (χ3n) is 3.79. The fraction of sp³-hybridized carbons (Fsp3) is 0.250. The van der Waals surface area contributed by atoms with E-state index in [0.717, 1.165) is 33.8 Å². The Morgan fingerprint density at radius 3 is 2.84 bits per heavy atom. The van der Waals surface area contributed by atoms with Crippen LogP contribution in [0.4, 0.5) is 0 Å². The topological polar surface area (TPSA) is 51.5 Å². The molecule has 25 heavy (non-hydrogen) atoms. The average molecular weight is 355 g/mol. The van der Waals surface area contributed by atoms with Gasteiger partial charge in [-0.15, -0.1) is 0 Å². The van der Waals surface area contributed by atoms with E-state index in [1.165, 1.54) is 0 Å². The normalized spacial score (nSPS) is 12.0. The van der Waals surface area contributed by atoms with Gasteiger partial charge in [0.1, 0.15) is 11.5 Å². The molecule has 1 atom stereocenters. The van der Waals surface area contributed by atoms with Gasteiger partial charge in [-0.1, -0.05) is 36.4 Å². The summed E-state index contributed by atoms with van der Waals surface area (Å²) < 4.78 is 11.1. The lowest BCUT2D eigenvalue weighted by Gasteiger charge is -2.16. The van der Waals surface area contributed by atoms with E-state index in [0.29, 0.717) is 6.54 Å². The van der Waals surface area contributed by atoms with Crippen LogP contribution in [0.2, 0.25) is 0 Å². The van der Waals surface area contributed by atoms with Crippen molar-refractivity contribution in [2.75, 3.05) is 12.3 Å². The number of carbonyl (C=O) groups is 1. The summed E-state index contributed by atoms with van der Waals surface area (Å²) >= 11 is 1.72. The zero-order chi connectivity index (χ0) is 17.5. The maximum absolute atomic E-state index is 12.2. The smallest absolute Gasteiger partial charge is 0.260 e. The lowest BCUT2D eigenvalue weighted by Crippen LogP contribution is -2.37. The van der Waals surface area contributed by atoms with Gasteiger partial charge < -0.3 is 14.5 Å². The lowest BCUT2D eigenvalue weighted by atomic mass is 10.1. The highest BCUT2D eigenvalue weighted by molar-refractivity contribution is 7.98. The Bertz CT molecular complexity index is 811. The van der Waals surface area contributed by atoms with Crippen LogP contribution in [-0.4, -0.2) is 24.3 Å². The van der Waals surface area contributed by atoms with Crippen molar-refractivity contribution in [3.63, 3.8) is 0 Å². The molecular formula is C20H21NO3S. The van der Waals surface area contributed by atoms with Crippen LogP contribution in [0.15, 0.2) is 65.3 Å². The van der Waals surface area contributed by atoms with E-state index in [9.17, 15) is 4.79 Å². The minimum atomic E-state index is -0.541. The van der Waals surface area contributed by atoms with Crippen molar-refractivity contribution in [1.82, 2.24) is 5.32 Å². The second kappa shape index (κ2) is 8.62. The molecule has 5 heteroatoms. The number of hydrogen-bond acceptors (Lipinski definition) is 4. The fourth-order valence-corrected chi connectivity index (χ4v) is 3.26. The summed E-state index contributed by atoms with van der Waals surface area (Å²) in [6.07, 6.45) is 1.13. The first-order valence-electron chi connectivity index (χ1n) is 8.26. The lowest BCUT2D eigenvalue weighted by molar-refractivity contribution is -0.127. The molecule has 1 heterocycles. The van der Waals surface area contributed by atoms with E-state index in [1.807, 2.05) is 54.6 Å². The quantitative estimate of drug-likeness (QED) is 0.614. The van der Waals surface area contributed by atoms with Gasteiger partial charge in [-0.05, 0) is 30.5 Å². The van der Waals surface area contributed by atoms with Crippen LogP contribution in [-0.2, 0) is 10.5 Å². The molecule has 0 bridgehead atoms. The highest BCUT2D eigenvalue weighted by atomic mass is 32.2. The van der Waals surface area contributed by atoms with Gasteiger partial charge in [-0.25, -0.2) is 0 Å². The van der Waals surface area contributed by atoms with E-state index in [-0.39, 0.29) is 5.91 Å². The second-order valence-corrected chi connectivity index (χ2v) is 6.77. The Hall–Kier alpha value is -2.40. The van der Waals surface area contributed by atoms with Crippen LogP contribution in [0.1, 0.15) is 12.7 Å². The van der Waals surface area contributed by atoms with Crippen molar-refractivity contribution in [2.24, 2.45) is 0 Å². The number of rotatable bonds is 8. The molecule has 0 aliphatic rings. The van der Waals surface area contributed by atoms with Crippen molar-refractivity contribution >= 4 is 28.4 Å². The van der Waals surface area contributed by atoms with Gasteiger partial charge in [0.05, 0.1) is 12.0 Å². The number of amides is 1. The van der Waals surface area contributed by atoms with E-state index in [2.05, 4.69) is 5.32 Å². The summed E-state index contributed by atoms with van der Waals surface area (Å²) in [6.45, 7) is 2.38. The number of ether oxygens (including phenoxy) is 1. The molecule has 0 spiro atoms. The summed E-state index contributed by atoms with van der Waals surface area (Å²) in [5, 5.41) is 5.03. The zero-order valence-electron chi connectivity index (χ0n) is 14.1. The van der Waals surface area contributed by atoms with Gasteiger partial charge >= 0.3 is 0 Å². The van der Waals surface area contributed by atoms with E-state index in [4.69, 9.17) is 9.15 Å². The molecule has 0 aliphatic heterocycles. The van der Waals surface area contributed by atoms with Crippen molar-refractivity contribution < 1.29 is 13.9 Å². The minimum absolute atomic E-state index is 0.105. The monoisotopic (exact) mass is 355 g/mol. The third kappa shape index (κ3) is 4.79. The fourth-order valence-electron chi connectivity index (χ4n) is 2.50. The number of furan rings is 1. The van der Waals surface area contributed by atoms with Crippen LogP contribution in [0.5, 0.6) is 5.75 Å². The molecule has 0 aliphatic carbocycles. The molecule has 1 N–H and O–H groups in total. The van der Waals surface area contributed by atoms with Crippen LogP contribution >= 0.6 is 11.8 Å². The molecule has 1 amide bonds. The van der Waals surface area contributed by atoms with E-state index < -0.39 is 6.10 Å². The zero-order valence-corrected chi connectivity index (χ0v) is 14.9. The molecule has 2 aromatic carbocycles. The van der Waals surface area contributed by atoms with Gasteiger partial charge in [0.2, 0.25) is 0 Å². The predicted octanol–water partition coefficient (Wildman–Crippen LogP) is 4.25. The molecule has 0 unspecified atom stereocenters. The van der Waals surface area contributed by atoms with Crippen molar-refractivity contribution in [1.29, 1.82) is 0 Å². The average Bonchev–Trinajstić information content (AvgIpc) is 3.15. The van der Waals surface area contributed by atoms with Crippen LogP contribution in [0, 0.1) is 0 Å². The van der Waals surface area contributed by atoms with Crippen molar-refractivity contribution in [3.05, 3.63) is 66.6 Å². The highest BCUT2D eigenvalue weighted by Gasteiger charge is 2.15. The maximum atomic E-state index is 12.2. The Labute approximate surface area is 151 Å². The molecule has 3 aromatic rings. The van der Waals surface area contributed by atoms with Gasteiger partial charge in [0.15, 0.2) is 6.10 Å². The van der Waals surface area contributed by atoms with Gasteiger partial charge in [0, 0.05) is 17.7 Å². The van der Waals surface area contributed by atoms with Crippen molar-refractivity contribution in [3.8, 4) is 5.75 Å². The number of nitrogens with one attached hydrogen (secondary N) is 1. The Morgan fingerprint density at radius 1 is 1.16 bits per heavy atom. The molecule has 4 nitrogen and oxygen atoms in total. The van der Waals surface area contributed by atoms with Gasteiger partial charge in [0.25, 0.3) is 5.91 Å². The summed E-state index contributed by atoms with van der Waals surface area (Å²) in [7, 11) is 0. The first-order valence-corrected chi connectivity index (χ1v) is 9.42. The predicted molar refractivity (Wildman–Crippen MR) is 102 cm³/mol. The number of carbonyl (C=O) groups excluding carboxylic acids is 1. The summed E-state index contributed by atoms with van der Waals surface area (Å²) in [6, 6.07) is 17.7. The molecule has 130 valence electrons. The summed E-state index contributed by atoms with van der Waals surface area (Å²) in [5.74, 6) is 3.21. The Kier molecular flexibility index (Phi) is 6.01. The summed E-state index contributed by atoms with van der Waals surface area (Å²) in [4.78, 5) is 12.2. The molecule has 0 saturated carbocycles. The number of hydrogen-bond donors (Lipinski definition) is 1. The molecule has 3 rings (SSSR count). The second-order valence-electron chi connectivity index (χ2n) is 5.66. The molecule has 0 saturated heterocycles. The molecular weight excluding hydrogens is 334 g/mol. The third-order valence-corrected chi connectivity index (χ3v) is 4.77. The minimum Gasteiger partial charge on any atom is -0.480 e. The molecule has 0 radical (unpaired) electrons. The Morgan fingerprint density at radius 2 is 2.00 bits per heavy atom. The van der Waals surface area contributed by atoms with E-state index >= 15 is 0 Å². The maximum Gasteiger partial charge on any atom is 0.260 e. The van der Waals surface area contributed by atoms with Crippen molar-refractivity contribution in [2.45, 2.75) is 18.8 Å². The first kappa shape index (κ1) is 17.4. The van der Waals surface area contributed by atoms with Gasteiger partial charge in [-0.3, -0.25) is 4.79 Å². The number of benzene rings is 2. The van der Waals surface area contributed by atoms with Crippen LogP contribution < -0.4 is 10.1 Å². The number of thioether (sulfide) groups is 1. The summed E-state index contributed by atoms with van der Waals surface area (Å²) in [5.41, 5.74) is 0. The Balaban J connectivity index is 1.45. The molecule has 1 aromatic heterocycles. The van der Waals surface area contributed by atoms with Gasteiger partial charge in [-0.2, -0.15) is 11.8 Å². The largest absolute Gasteiger partial charge is 0.480 e. The highest BCUT2D eigenvalue weighted by Crippen LogP contribution is 2.26. The number of fused-ring (bicyclic) bond motifs is 1. The first-order chi connectivity index (χ1) is 12.2. The standard InChI is InChI=1S/C20H21NO3S/c1-15(20(22)21-11-13-25-14-17-8-5-12-23-17)24-19-10-4-7-16-6-2-3-9-18(16)19/h2-10,12,15H,11,13-14H2,1H3,(H,21,22)/t15-/m1/s1. The molecule has 0 fully saturated rings. The van der Waals surface area contributed by atoms with Crippen LogP contribution in [0.25, 0.3) is 10.8 Å². The van der Waals surface area contributed by atoms with E-state index in [1.54, 1.807) is 24.9 Å². The SMILES string of the molecule is C[C@@H](Oc1cccc2ccccc12)C(=O)NCCSCc1ccco1. The van der Waals surface area contributed by atoms with Crippen LogP contribution in [0.3, 0.4) is 0 Å².